The van der Waals surface area contributed by atoms with Crippen molar-refractivity contribution >= 4 is 27.9 Å². The van der Waals surface area contributed by atoms with E-state index in [1.54, 1.807) is 0 Å². The minimum Gasteiger partial charge on any atom is -0.396 e. The first kappa shape index (κ1) is 14.2. The summed E-state index contributed by atoms with van der Waals surface area (Å²) in [6.07, 6.45) is 5.06. The molecule has 112 valence electrons. The van der Waals surface area contributed by atoms with E-state index in [2.05, 4.69) is 16.7 Å². The van der Waals surface area contributed by atoms with Crippen LogP contribution >= 0.6 is 11.3 Å². The second-order valence-electron chi connectivity index (χ2n) is 5.87. The fourth-order valence-electron chi connectivity index (χ4n) is 2.75. The summed E-state index contributed by atoms with van der Waals surface area (Å²) in [6, 6.07) is 2.59. The Bertz CT molecular complexity index is 584. The molecule has 2 aliphatic carbocycles. The second-order valence-corrected chi connectivity index (χ2v) is 6.89. The van der Waals surface area contributed by atoms with Crippen molar-refractivity contribution in [2.75, 3.05) is 17.6 Å². The Labute approximate surface area is 128 Å². The molecule has 0 bridgehead atoms. The van der Waals surface area contributed by atoms with Gasteiger partial charge in [0.2, 0.25) is 0 Å². The number of anilines is 2. The van der Waals surface area contributed by atoms with Gasteiger partial charge in [-0.15, -0.1) is 11.3 Å². The molecule has 1 aromatic heterocycles. The van der Waals surface area contributed by atoms with Crippen molar-refractivity contribution in [3.63, 3.8) is 0 Å². The van der Waals surface area contributed by atoms with Crippen molar-refractivity contribution in [1.29, 1.82) is 5.26 Å². The standard InChI is InChI=1S/C15H20N4OS/c1-2-18-14(20)13-11(17)10(7-16)15(21-13)19-12(8-3-4-8)9-5-6-9/h8-9,12,19H,2-6,17H2,1H3,(H,18,20). The van der Waals surface area contributed by atoms with Gasteiger partial charge >= 0.3 is 0 Å². The highest BCUT2D eigenvalue weighted by molar-refractivity contribution is 7.19. The van der Waals surface area contributed by atoms with Gasteiger partial charge in [0.1, 0.15) is 21.5 Å². The maximum atomic E-state index is 12.0. The summed E-state index contributed by atoms with van der Waals surface area (Å²) in [5, 5.41) is 16.4. The third-order valence-corrected chi connectivity index (χ3v) is 5.29. The zero-order valence-corrected chi connectivity index (χ0v) is 12.9. The molecule has 4 N–H and O–H groups in total. The van der Waals surface area contributed by atoms with E-state index in [9.17, 15) is 10.1 Å². The zero-order valence-electron chi connectivity index (χ0n) is 12.1. The summed E-state index contributed by atoms with van der Waals surface area (Å²) < 4.78 is 0. The lowest BCUT2D eigenvalue weighted by atomic mass is 10.1. The molecule has 0 unspecified atom stereocenters. The molecular weight excluding hydrogens is 284 g/mol. The Kier molecular flexibility index (Phi) is 3.77. The normalized spacial score (nSPS) is 17.6. The molecule has 3 rings (SSSR count). The smallest absolute Gasteiger partial charge is 0.263 e. The third-order valence-electron chi connectivity index (χ3n) is 4.16. The van der Waals surface area contributed by atoms with Crippen LogP contribution in [0.1, 0.15) is 47.8 Å². The molecule has 0 aliphatic heterocycles. The number of rotatable bonds is 6. The Morgan fingerprint density at radius 3 is 2.52 bits per heavy atom. The topological polar surface area (TPSA) is 90.9 Å². The van der Waals surface area contributed by atoms with E-state index in [0.717, 1.165) is 16.8 Å². The van der Waals surface area contributed by atoms with Crippen molar-refractivity contribution < 1.29 is 4.79 Å². The number of amides is 1. The molecule has 1 heterocycles. The molecule has 2 fully saturated rings. The number of nitrogen functional groups attached to an aromatic ring is 1. The molecule has 0 spiro atoms. The molecule has 21 heavy (non-hydrogen) atoms. The first-order valence-electron chi connectivity index (χ1n) is 7.52. The fraction of sp³-hybridized carbons (Fsp3) is 0.600. The van der Waals surface area contributed by atoms with Gasteiger partial charge < -0.3 is 16.4 Å². The van der Waals surface area contributed by atoms with Crippen LogP contribution in [-0.4, -0.2) is 18.5 Å². The second kappa shape index (κ2) is 5.57. The Hall–Kier alpha value is -1.74. The molecule has 5 nitrogen and oxygen atoms in total. The van der Waals surface area contributed by atoms with E-state index in [4.69, 9.17) is 5.73 Å². The number of hydrogen-bond acceptors (Lipinski definition) is 5. The van der Waals surface area contributed by atoms with Gasteiger partial charge in [-0.1, -0.05) is 0 Å². The highest BCUT2D eigenvalue weighted by Gasteiger charge is 2.42. The number of hydrogen-bond donors (Lipinski definition) is 3. The molecule has 6 heteroatoms. The van der Waals surface area contributed by atoms with Crippen LogP contribution in [-0.2, 0) is 0 Å². The van der Waals surface area contributed by atoms with E-state index >= 15 is 0 Å². The molecule has 0 saturated heterocycles. The summed E-state index contributed by atoms with van der Waals surface area (Å²) in [5.74, 6) is 1.25. The largest absolute Gasteiger partial charge is 0.396 e. The Morgan fingerprint density at radius 2 is 2.05 bits per heavy atom. The van der Waals surface area contributed by atoms with Gasteiger partial charge in [-0.3, -0.25) is 4.79 Å². The monoisotopic (exact) mass is 304 g/mol. The minimum absolute atomic E-state index is 0.195. The van der Waals surface area contributed by atoms with Crippen LogP contribution in [0.5, 0.6) is 0 Å². The van der Waals surface area contributed by atoms with Gasteiger partial charge in [-0.25, -0.2) is 0 Å². The van der Waals surface area contributed by atoms with Crippen molar-refractivity contribution in [2.45, 2.75) is 38.6 Å². The molecule has 2 aliphatic rings. The number of nitrogens with one attached hydrogen (secondary N) is 2. The summed E-state index contributed by atoms with van der Waals surface area (Å²) >= 11 is 1.31. The van der Waals surface area contributed by atoms with Crippen molar-refractivity contribution in [2.24, 2.45) is 11.8 Å². The SMILES string of the molecule is CCNC(=O)c1sc(NC(C2CC2)C2CC2)c(C#N)c1N. The fourth-order valence-corrected chi connectivity index (χ4v) is 3.78. The van der Waals surface area contributed by atoms with E-state index in [-0.39, 0.29) is 5.91 Å². The van der Waals surface area contributed by atoms with Gasteiger partial charge in [0.05, 0.1) is 5.69 Å². The number of carbonyl (C=O) groups is 1. The number of nitriles is 1. The first-order chi connectivity index (χ1) is 10.2. The lowest BCUT2D eigenvalue weighted by molar-refractivity contribution is 0.0960. The van der Waals surface area contributed by atoms with Crippen LogP contribution < -0.4 is 16.4 Å². The lowest BCUT2D eigenvalue weighted by Gasteiger charge is -2.17. The van der Waals surface area contributed by atoms with Crippen molar-refractivity contribution in [3.8, 4) is 6.07 Å². The average Bonchev–Trinajstić information content (AvgIpc) is 3.35. The highest BCUT2D eigenvalue weighted by atomic mass is 32.1. The zero-order chi connectivity index (χ0) is 15.0. The Balaban J connectivity index is 1.85. The van der Waals surface area contributed by atoms with Crippen molar-refractivity contribution in [1.82, 2.24) is 5.32 Å². The van der Waals surface area contributed by atoms with E-state index in [1.165, 1.54) is 37.0 Å². The van der Waals surface area contributed by atoms with Crippen LogP contribution in [0.15, 0.2) is 0 Å². The molecule has 1 amide bonds. The van der Waals surface area contributed by atoms with Crippen LogP contribution in [0.3, 0.4) is 0 Å². The van der Waals surface area contributed by atoms with E-state index < -0.39 is 0 Å². The lowest BCUT2D eigenvalue weighted by Crippen LogP contribution is -2.24. The number of thiophene rings is 1. The number of nitrogens with zero attached hydrogens (tertiary/aromatic N) is 1. The summed E-state index contributed by atoms with van der Waals surface area (Å²) in [4.78, 5) is 12.5. The Morgan fingerprint density at radius 1 is 1.43 bits per heavy atom. The van der Waals surface area contributed by atoms with Crippen molar-refractivity contribution in [3.05, 3.63) is 10.4 Å². The quantitative estimate of drug-likeness (QED) is 0.753. The molecule has 0 radical (unpaired) electrons. The number of nitrogens with two attached hydrogens (primary N) is 1. The predicted octanol–water partition coefficient (Wildman–Crippen LogP) is 2.55. The van der Waals surface area contributed by atoms with E-state index in [0.29, 0.717) is 28.7 Å². The molecule has 0 aromatic carbocycles. The van der Waals surface area contributed by atoms with Gasteiger partial charge in [-0.05, 0) is 44.4 Å². The highest BCUT2D eigenvalue weighted by Crippen LogP contribution is 2.47. The van der Waals surface area contributed by atoms with Crippen LogP contribution in [0.25, 0.3) is 0 Å². The van der Waals surface area contributed by atoms with Crippen LogP contribution in [0.2, 0.25) is 0 Å². The maximum Gasteiger partial charge on any atom is 0.263 e. The molecular formula is C15H20N4OS. The summed E-state index contributed by atoms with van der Waals surface area (Å²) in [7, 11) is 0. The van der Waals surface area contributed by atoms with Gasteiger partial charge in [0.25, 0.3) is 5.91 Å². The summed E-state index contributed by atoms with van der Waals surface area (Å²) in [6.45, 7) is 2.41. The molecule has 2 saturated carbocycles. The number of carbonyl (C=O) groups excluding carboxylic acids is 1. The van der Waals surface area contributed by atoms with Gasteiger partial charge in [0.15, 0.2) is 0 Å². The maximum absolute atomic E-state index is 12.0. The predicted molar refractivity (Wildman–Crippen MR) is 84.3 cm³/mol. The van der Waals surface area contributed by atoms with Crippen LogP contribution in [0, 0.1) is 23.2 Å². The third kappa shape index (κ3) is 2.84. The van der Waals surface area contributed by atoms with E-state index in [1.807, 2.05) is 6.92 Å². The minimum atomic E-state index is -0.195. The average molecular weight is 304 g/mol. The van der Waals surface area contributed by atoms with Gasteiger partial charge in [0, 0.05) is 12.6 Å². The first-order valence-corrected chi connectivity index (χ1v) is 8.34. The van der Waals surface area contributed by atoms with Gasteiger partial charge in [-0.2, -0.15) is 5.26 Å². The molecule has 0 atom stereocenters. The summed E-state index contributed by atoms with van der Waals surface area (Å²) in [5.41, 5.74) is 6.72. The van der Waals surface area contributed by atoms with Crippen LogP contribution in [0.4, 0.5) is 10.7 Å². The molecule has 1 aromatic rings.